The van der Waals surface area contributed by atoms with Gasteiger partial charge < -0.3 is 4.98 Å². The first-order valence-corrected chi connectivity index (χ1v) is 7.98. The zero-order valence-corrected chi connectivity index (χ0v) is 12.7. The second-order valence-electron chi connectivity index (χ2n) is 5.27. The summed E-state index contributed by atoms with van der Waals surface area (Å²) in [5.74, 6) is 0.139. The fraction of sp³-hybridized carbons (Fsp3) is 0.385. The summed E-state index contributed by atoms with van der Waals surface area (Å²) in [7, 11) is -3.72. The quantitative estimate of drug-likeness (QED) is 0.765. The first-order chi connectivity index (χ1) is 9.70. The van der Waals surface area contributed by atoms with Gasteiger partial charge in [0.25, 0.3) is 5.56 Å². The molecule has 0 bridgehead atoms. The van der Waals surface area contributed by atoms with Gasteiger partial charge in [-0.2, -0.15) is 0 Å². The summed E-state index contributed by atoms with van der Waals surface area (Å²) in [6.07, 6.45) is 0. The summed E-state index contributed by atoms with van der Waals surface area (Å²) < 4.78 is 27.1. The Morgan fingerprint density at radius 3 is 2.38 bits per heavy atom. The average molecular weight is 311 g/mol. The standard InChI is InChI=1S/C13H17N3O4S/c1-7(2)8(3)16-21(19,20)9-4-5-11-10(6-9)12(17)15-13(18)14-11/h4-8,16H,1-3H3,(H2,14,15,17,18). The van der Waals surface area contributed by atoms with Gasteiger partial charge in [-0.05, 0) is 31.0 Å². The molecule has 0 saturated heterocycles. The van der Waals surface area contributed by atoms with Gasteiger partial charge in [0.2, 0.25) is 10.0 Å². The molecule has 0 fully saturated rings. The molecule has 0 aliphatic carbocycles. The highest BCUT2D eigenvalue weighted by molar-refractivity contribution is 7.89. The predicted octanol–water partition coefficient (Wildman–Crippen LogP) is 0.539. The van der Waals surface area contributed by atoms with Crippen LogP contribution in [0, 0.1) is 5.92 Å². The molecule has 2 aromatic rings. The number of hydrogen-bond acceptors (Lipinski definition) is 4. The highest BCUT2D eigenvalue weighted by atomic mass is 32.2. The number of fused-ring (bicyclic) bond motifs is 1. The van der Waals surface area contributed by atoms with E-state index in [4.69, 9.17) is 0 Å². The molecule has 1 heterocycles. The third-order valence-corrected chi connectivity index (χ3v) is 4.92. The topological polar surface area (TPSA) is 112 Å². The molecule has 0 amide bonds. The molecule has 0 aliphatic rings. The monoisotopic (exact) mass is 311 g/mol. The van der Waals surface area contributed by atoms with Gasteiger partial charge in [-0.25, -0.2) is 17.9 Å². The van der Waals surface area contributed by atoms with Gasteiger partial charge >= 0.3 is 5.69 Å². The molecule has 8 heteroatoms. The van der Waals surface area contributed by atoms with Crippen LogP contribution in [0.5, 0.6) is 0 Å². The molecular weight excluding hydrogens is 294 g/mol. The van der Waals surface area contributed by atoms with E-state index in [-0.39, 0.29) is 22.2 Å². The molecule has 0 spiro atoms. The SMILES string of the molecule is CC(C)C(C)NS(=O)(=O)c1ccc2[nH]c(=O)[nH]c(=O)c2c1. The molecule has 1 unspecified atom stereocenters. The number of nitrogens with one attached hydrogen (secondary N) is 3. The normalized spacial score (nSPS) is 13.7. The van der Waals surface area contributed by atoms with E-state index in [1.165, 1.54) is 18.2 Å². The van der Waals surface area contributed by atoms with Crippen LogP contribution in [0.3, 0.4) is 0 Å². The first kappa shape index (κ1) is 15.5. The van der Waals surface area contributed by atoms with Crippen LogP contribution in [0.25, 0.3) is 10.9 Å². The van der Waals surface area contributed by atoms with E-state index >= 15 is 0 Å². The highest BCUT2D eigenvalue weighted by Crippen LogP contribution is 2.15. The molecule has 1 aromatic heterocycles. The van der Waals surface area contributed by atoms with Crippen LogP contribution in [-0.4, -0.2) is 24.4 Å². The lowest BCUT2D eigenvalue weighted by Gasteiger charge is -2.17. The molecule has 0 saturated carbocycles. The number of sulfonamides is 1. The van der Waals surface area contributed by atoms with Crippen molar-refractivity contribution in [2.45, 2.75) is 31.7 Å². The maximum Gasteiger partial charge on any atom is 0.326 e. The van der Waals surface area contributed by atoms with Crippen molar-refractivity contribution in [3.8, 4) is 0 Å². The van der Waals surface area contributed by atoms with Gasteiger partial charge in [-0.15, -0.1) is 0 Å². The van der Waals surface area contributed by atoms with Gasteiger partial charge in [0, 0.05) is 6.04 Å². The van der Waals surface area contributed by atoms with Crippen LogP contribution >= 0.6 is 0 Å². The van der Waals surface area contributed by atoms with Crippen LogP contribution in [0.2, 0.25) is 0 Å². The van der Waals surface area contributed by atoms with Crippen molar-refractivity contribution in [2.24, 2.45) is 5.92 Å². The summed E-state index contributed by atoms with van der Waals surface area (Å²) in [6.45, 7) is 5.58. The summed E-state index contributed by atoms with van der Waals surface area (Å²) >= 11 is 0. The second-order valence-corrected chi connectivity index (χ2v) is 6.98. The summed E-state index contributed by atoms with van der Waals surface area (Å²) in [4.78, 5) is 27.4. The smallest absolute Gasteiger partial charge is 0.307 e. The molecule has 21 heavy (non-hydrogen) atoms. The zero-order chi connectivity index (χ0) is 15.8. The van der Waals surface area contributed by atoms with E-state index in [1.807, 2.05) is 13.8 Å². The number of aromatic amines is 2. The number of hydrogen-bond donors (Lipinski definition) is 3. The Labute approximate surface area is 121 Å². The maximum atomic E-state index is 12.3. The molecule has 3 N–H and O–H groups in total. The minimum Gasteiger partial charge on any atom is -0.307 e. The van der Waals surface area contributed by atoms with Crippen molar-refractivity contribution >= 4 is 20.9 Å². The molecule has 0 radical (unpaired) electrons. The van der Waals surface area contributed by atoms with E-state index in [9.17, 15) is 18.0 Å². The Hall–Kier alpha value is -1.93. The fourth-order valence-corrected chi connectivity index (χ4v) is 3.18. The van der Waals surface area contributed by atoms with Gasteiger partial charge in [0.05, 0.1) is 15.8 Å². The van der Waals surface area contributed by atoms with Crippen molar-refractivity contribution in [3.05, 3.63) is 39.0 Å². The molecule has 1 aromatic carbocycles. The van der Waals surface area contributed by atoms with Gasteiger partial charge in [0.15, 0.2) is 0 Å². The summed E-state index contributed by atoms with van der Waals surface area (Å²) in [5.41, 5.74) is -0.961. The molecule has 114 valence electrons. The third-order valence-electron chi connectivity index (χ3n) is 3.36. The van der Waals surface area contributed by atoms with Crippen molar-refractivity contribution in [1.82, 2.24) is 14.7 Å². The molecular formula is C13H17N3O4S. The molecule has 0 aliphatic heterocycles. The lowest BCUT2D eigenvalue weighted by atomic mass is 10.1. The van der Waals surface area contributed by atoms with E-state index in [0.29, 0.717) is 5.52 Å². The van der Waals surface area contributed by atoms with E-state index in [0.717, 1.165) is 0 Å². The van der Waals surface area contributed by atoms with Crippen LogP contribution in [0.15, 0.2) is 32.7 Å². The van der Waals surface area contributed by atoms with Crippen LogP contribution < -0.4 is 16.0 Å². The summed E-state index contributed by atoms with van der Waals surface area (Å²) in [6, 6.07) is 3.77. The van der Waals surface area contributed by atoms with Crippen molar-refractivity contribution in [1.29, 1.82) is 0 Å². The van der Waals surface area contributed by atoms with Gasteiger partial charge in [0.1, 0.15) is 0 Å². The van der Waals surface area contributed by atoms with Crippen molar-refractivity contribution in [3.63, 3.8) is 0 Å². The third kappa shape index (κ3) is 3.22. The first-order valence-electron chi connectivity index (χ1n) is 6.49. The minimum atomic E-state index is -3.72. The Bertz CT molecular complexity index is 880. The minimum absolute atomic E-state index is 0.0138. The number of aromatic nitrogens is 2. The van der Waals surface area contributed by atoms with Crippen molar-refractivity contribution < 1.29 is 8.42 Å². The zero-order valence-electron chi connectivity index (χ0n) is 11.9. The Morgan fingerprint density at radius 2 is 1.76 bits per heavy atom. The van der Waals surface area contributed by atoms with E-state index in [1.54, 1.807) is 6.92 Å². The Kier molecular flexibility index (Phi) is 4.02. The lowest BCUT2D eigenvalue weighted by Crippen LogP contribution is -2.36. The number of H-pyrrole nitrogens is 2. The Morgan fingerprint density at radius 1 is 1.10 bits per heavy atom. The predicted molar refractivity (Wildman–Crippen MR) is 79.8 cm³/mol. The average Bonchev–Trinajstić information content (AvgIpc) is 2.37. The van der Waals surface area contributed by atoms with Crippen LogP contribution in [-0.2, 0) is 10.0 Å². The van der Waals surface area contributed by atoms with E-state index in [2.05, 4.69) is 14.7 Å². The molecule has 2 rings (SSSR count). The number of benzene rings is 1. The second kappa shape index (κ2) is 5.45. The Balaban J connectivity index is 2.53. The highest BCUT2D eigenvalue weighted by Gasteiger charge is 2.20. The molecule has 1 atom stereocenters. The van der Waals surface area contributed by atoms with Gasteiger partial charge in [-0.3, -0.25) is 9.78 Å². The lowest BCUT2D eigenvalue weighted by molar-refractivity contribution is 0.476. The molecule has 7 nitrogen and oxygen atoms in total. The van der Waals surface area contributed by atoms with Crippen LogP contribution in [0.4, 0.5) is 0 Å². The van der Waals surface area contributed by atoms with E-state index < -0.39 is 21.3 Å². The van der Waals surface area contributed by atoms with Crippen molar-refractivity contribution in [2.75, 3.05) is 0 Å². The maximum absolute atomic E-state index is 12.3. The van der Waals surface area contributed by atoms with Crippen LogP contribution in [0.1, 0.15) is 20.8 Å². The fourth-order valence-electron chi connectivity index (χ4n) is 1.76. The largest absolute Gasteiger partial charge is 0.326 e. The number of rotatable bonds is 4. The summed E-state index contributed by atoms with van der Waals surface area (Å²) in [5, 5.41) is 0.120. The van der Waals surface area contributed by atoms with Gasteiger partial charge in [-0.1, -0.05) is 13.8 Å².